The van der Waals surface area contributed by atoms with Crippen LogP contribution in [-0.2, 0) is 0 Å². The SMILES string of the molecule is C=C(NC)c1cc(Oc2ccc(N(C)C(=C)Nc3ccccc3C(=O)c3ccccc3)c(C)c2)ccn1. The minimum atomic E-state index is -0.0469. The van der Waals surface area contributed by atoms with Crippen LogP contribution < -0.4 is 20.3 Å². The molecular formula is C31H30N4O2. The fourth-order valence-electron chi connectivity index (χ4n) is 3.89. The van der Waals surface area contributed by atoms with Crippen LogP contribution in [0.2, 0.25) is 0 Å². The van der Waals surface area contributed by atoms with Gasteiger partial charge in [-0.05, 0) is 48.9 Å². The minimum Gasteiger partial charge on any atom is -0.457 e. The predicted molar refractivity (Wildman–Crippen MR) is 151 cm³/mol. The van der Waals surface area contributed by atoms with E-state index >= 15 is 0 Å². The third kappa shape index (κ3) is 5.87. The molecule has 1 heterocycles. The molecular weight excluding hydrogens is 460 g/mol. The third-order valence-electron chi connectivity index (χ3n) is 6.00. The van der Waals surface area contributed by atoms with Crippen LogP contribution >= 0.6 is 0 Å². The lowest BCUT2D eigenvalue weighted by Crippen LogP contribution is -2.23. The second-order valence-electron chi connectivity index (χ2n) is 8.53. The molecule has 1 aromatic heterocycles. The largest absolute Gasteiger partial charge is 0.457 e. The summed E-state index contributed by atoms with van der Waals surface area (Å²) in [5, 5.41) is 6.32. The Kier molecular flexibility index (Phi) is 7.69. The second kappa shape index (κ2) is 11.3. The molecule has 0 unspecified atom stereocenters. The van der Waals surface area contributed by atoms with E-state index in [1.165, 1.54) is 0 Å². The monoisotopic (exact) mass is 490 g/mol. The van der Waals surface area contributed by atoms with Crippen molar-refractivity contribution in [2.75, 3.05) is 24.3 Å². The van der Waals surface area contributed by atoms with Crippen molar-refractivity contribution >= 4 is 22.9 Å². The summed E-state index contributed by atoms with van der Waals surface area (Å²) in [4.78, 5) is 19.4. The number of benzene rings is 3. The van der Waals surface area contributed by atoms with Gasteiger partial charge in [0.25, 0.3) is 0 Å². The quantitative estimate of drug-likeness (QED) is 0.244. The average Bonchev–Trinajstić information content (AvgIpc) is 2.93. The van der Waals surface area contributed by atoms with Gasteiger partial charge in [0.1, 0.15) is 17.3 Å². The molecule has 4 rings (SSSR count). The highest BCUT2D eigenvalue weighted by Crippen LogP contribution is 2.30. The molecule has 0 amide bonds. The molecule has 4 aromatic rings. The highest BCUT2D eigenvalue weighted by atomic mass is 16.5. The predicted octanol–water partition coefficient (Wildman–Crippen LogP) is 6.62. The molecule has 0 fully saturated rings. The van der Waals surface area contributed by atoms with E-state index < -0.39 is 0 Å². The number of anilines is 2. The lowest BCUT2D eigenvalue weighted by Gasteiger charge is -2.25. The molecule has 6 heteroatoms. The number of nitrogens with one attached hydrogen (secondary N) is 2. The van der Waals surface area contributed by atoms with Crippen molar-refractivity contribution in [2.24, 2.45) is 0 Å². The Bertz CT molecular complexity index is 1450. The molecule has 0 saturated heterocycles. The summed E-state index contributed by atoms with van der Waals surface area (Å²) in [5.74, 6) is 1.97. The van der Waals surface area contributed by atoms with Crippen LogP contribution in [0.15, 0.2) is 110 Å². The number of aryl methyl sites for hydroxylation is 1. The molecule has 0 radical (unpaired) electrons. The number of hydrogen-bond donors (Lipinski definition) is 2. The van der Waals surface area contributed by atoms with Crippen LogP contribution in [0.3, 0.4) is 0 Å². The number of pyridine rings is 1. The number of para-hydroxylation sites is 1. The van der Waals surface area contributed by atoms with Crippen molar-refractivity contribution in [1.82, 2.24) is 10.3 Å². The Morgan fingerprint density at radius 1 is 0.919 bits per heavy atom. The number of carbonyl (C=O) groups is 1. The smallest absolute Gasteiger partial charge is 0.195 e. The lowest BCUT2D eigenvalue weighted by atomic mass is 10.0. The summed E-state index contributed by atoms with van der Waals surface area (Å²) in [6.45, 7) is 10.2. The average molecular weight is 491 g/mol. The number of nitrogens with zero attached hydrogens (tertiary/aromatic N) is 2. The van der Waals surface area contributed by atoms with Gasteiger partial charge in [0.05, 0.1) is 17.1 Å². The first-order valence-electron chi connectivity index (χ1n) is 11.9. The number of aromatic nitrogens is 1. The van der Waals surface area contributed by atoms with Gasteiger partial charge in [-0.2, -0.15) is 0 Å². The zero-order chi connectivity index (χ0) is 26.4. The molecule has 0 aliphatic rings. The van der Waals surface area contributed by atoms with Gasteiger partial charge in [-0.15, -0.1) is 0 Å². The van der Waals surface area contributed by atoms with E-state index in [9.17, 15) is 4.79 Å². The zero-order valence-electron chi connectivity index (χ0n) is 21.3. The van der Waals surface area contributed by atoms with Gasteiger partial charge >= 0.3 is 0 Å². The zero-order valence-corrected chi connectivity index (χ0v) is 21.3. The minimum absolute atomic E-state index is 0.0469. The van der Waals surface area contributed by atoms with Crippen LogP contribution in [0.25, 0.3) is 5.70 Å². The number of hydrogen-bond acceptors (Lipinski definition) is 6. The molecule has 2 N–H and O–H groups in total. The molecule has 3 aromatic carbocycles. The van der Waals surface area contributed by atoms with Crippen molar-refractivity contribution in [3.05, 3.63) is 132 Å². The summed E-state index contributed by atoms with van der Waals surface area (Å²) in [6, 6.07) is 26.2. The highest BCUT2D eigenvalue weighted by molar-refractivity contribution is 6.12. The van der Waals surface area contributed by atoms with Crippen molar-refractivity contribution in [1.29, 1.82) is 0 Å². The first-order chi connectivity index (χ1) is 17.9. The summed E-state index contributed by atoms with van der Waals surface area (Å²) in [7, 11) is 3.73. The van der Waals surface area contributed by atoms with Crippen LogP contribution in [0.4, 0.5) is 11.4 Å². The molecule has 0 spiro atoms. The van der Waals surface area contributed by atoms with Gasteiger partial charge in [-0.25, -0.2) is 0 Å². The Labute approximate surface area is 217 Å². The number of rotatable bonds is 10. The summed E-state index contributed by atoms with van der Waals surface area (Å²) >= 11 is 0. The molecule has 0 bridgehead atoms. The number of ether oxygens (including phenoxy) is 1. The van der Waals surface area contributed by atoms with Crippen LogP contribution in [0, 0.1) is 6.92 Å². The number of carbonyl (C=O) groups excluding carboxylic acids is 1. The van der Waals surface area contributed by atoms with Gasteiger partial charge in [-0.3, -0.25) is 9.78 Å². The molecule has 37 heavy (non-hydrogen) atoms. The van der Waals surface area contributed by atoms with E-state index in [-0.39, 0.29) is 5.78 Å². The van der Waals surface area contributed by atoms with Gasteiger partial charge in [0.15, 0.2) is 5.78 Å². The normalized spacial score (nSPS) is 10.4. The molecule has 0 aliphatic heterocycles. The molecule has 0 atom stereocenters. The summed E-state index contributed by atoms with van der Waals surface area (Å²) in [5.41, 5.74) is 5.32. The summed E-state index contributed by atoms with van der Waals surface area (Å²) < 4.78 is 6.07. The van der Waals surface area contributed by atoms with E-state index in [0.29, 0.717) is 34.1 Å². The third-order valence-corrected chi connectivity index (χ3v) is 6.00. The van der Waals surface area contributed by atoms with E-state index in [0.717, 1.165) is 22.6 Å². The number of ketones is 1. The molecule has 0 aliphatic carbocycles. The first kappa shape index (κ1) is 25.3. The van der Waals surface area contributed by atoms with Crippen LogP contribution in [0.1, 0.15) is 27.2 Å². The molecule has 6 nitrogen and oxygen atoms in total. The van der Waals surface area contributed by atoms with Crippen molar-refractivity contribution in [3.63, 3.8) is 0 Å². The maximum absolute atomic E-state index is 13.1. The van der Waals surface area contributed by atoms with Crippen LogP contribution in [0.5, 0.6) is 11.5 Å². The van der Waals surface area contributed by atoms with E-state index in [4.69, 9.17) is 4.74 Å². The van der Waals surface area contributed by atoms with Crippen molar-refractivity contribution < 1.29 is 9.53 Å². The summed E-state index contributed by atoms with van der Waals surface area (Å²) in [6.07, 6.45) is 1.69. The Hall–Kier alpha value is -4.84. The van der Waals surface area contributed by atoms with Gasteiger partial charge in [0.2, 0.25) is 0 Å². The Balaban J connectivity index is 1.49. The Morgan fingerprint density at radius 3 is 2.35 bits per heavy atom. The maximum atomic E-state index is 13.1. The lowest BCUT2D eigenvalue weighted by molar-refractivity contribution is 0.103. The van der Waals surface area contributed by atoms with E-state index in [2.05, 4.69) is 28.8 Å². The van der Waals surface area contributed by atoms with E-state index in [1.54, 1.807) is 13.2 Å². The van der Waals surface area contributed by atoms with Crippen molar-refractivity contribution in [3.8, 4) is 11.5 Å². The van der Waals surface area contributed by atoms with Crippen molar-refractivity contribution in [2.45, 2.75) is 6.92 Å². The van der Waals surface area contributed by atoms with Gasteiger partial charge < -0.3 is 20.3 Å². The molecule has 186 valence electrons. The maximum Gasteiger partial charge on any atom is 0.195 e. The second-order valence-corrected chi connectivity index (χ2v) is 8.53. The first-order valence-corrected chi connectivity index (χ1v) is 11.9. The fraction of sp³-hybridized carbons (Fsp3) is 0.0968. The molecule has 0 saturated carbocycles. The van der Waals surface area contributed by atoms with Crippen LogP contribution in [-0.4, -0.2) is 24.9 Å². The van der Waals surface area contributed by atoms with E-state index in [1.807, 2.05) is 104 Å². The highest BCUT2D eigenvalue weighted by Gasteiger charge is 2.16. The standard InChI is InChI=1S/C31H30N4O2/c1-21-19-25(37-26-17-18-33-29(20-26)22(2)32-4)15-16-30(21)35(5)23(3)34-28-14-10-9-13-27(28)31(36)24-11-7-6-8-12-24/h6-20,32,34H,2-3H2,1,4-5H3. The van der Waals surface area contributed by atoms with Gasteiger partial charge in [0, 0.05) is 43.2 Å². The topological polar surface area (TPSA) is 66.5 Å². The van der Waals surface area contributed by atoms with Gasteiger partial charge in [-0.1, -0.05) is 55.6 Å². The fourth-order valence-corrected chi connectivity index (χ4v) is 3.89. The Morgan fingerprint density at radius 2 is 1.62 bits per heavy atom.